The van der Waals surface area contributed by atoms with Crippen LogP contribution in [-0.4, -0.2) is 30.8 Å². The number of nitrogens with zero attached hydrogens (tertiary/aromatic N) is 1. The molecule has 2 aromatic carbocycles. The molecule has 3 rings (SSSR count). The molecule has 0 spiro atoms. The van der Waals surface area contributed by atoms with Crippen LogP contribution in [0.1, 0.15) is 10.5 Å². The molecule has 0 unspecified atom stereocenters. The zero-order chi connectivity index (χ0) is 23.5. The van der Waals surface area contributed by atoms with E-state index in [0.29, 0.717) is 0 Å². The lowest BCUT2D eigenvalue weighted by Crippen LogP contribution is -2.18. The number of ether oxygens (including phenoxy) is 3. The number of para-hydroxylation sites is 2. The number of aromatic nitrogens is 1. The van der Waals surface area contributed by atoms with E-state index < -0.39 is 35.9 Å². The number of hydrogen-bond acceptors (Lipinski definition) is 5. The molecule has 0 N–H and O–H groups in total. The molecule has 168 valence electrons. The summed E-state index contributed by atoms with van der Waals surface area (Å²) in [4.78, 5) is 16.4. The minimum Gasteiger partial charge on any atom is -0.464 e. The fourth-order valence-corrected chi connectivity index (χ4v) is 2.87. The first-order valence-corrected chi connectivity index (χ1v) is 8.78. The Morgan fingerprint density at radius 2 is 1.22 bits per heavy atom. The van der Waals surface area contributed by atoms with Crippen molar-refractivity contribution in [3.63, 3.8) is 0 Å². The van der Waals surface area contributed by atoms with Gasteiger partial charge in [-0.15, -0.1) is 26.3 Å². The summed E-state index contributed by atoms with van der Waals surface area (Å²) in [6, 6.07) is 12.6. The molecule has 0 aliphatic heterocycles. The number of carbonyl (C=O) groups is 1. The molecular formula is C21H13F6NO4. The van der Waals surface area contributed by atoms with Gasteiger partial charge in [0.2, 0.25) is 0 Å². The summed E-state index contributed by atoms with van der Waals surface area (Å²) < 4.78 is 89.3. The Balaban J connectivity index is 2.16. The summed E-state index contributed by atoms with van der Waals surface area (Å²) in [5, 5.41) is 0. The molecule has 1 aromatic heterocycles. The standard InChI is InChI=1S/C21H13F6NO4/c1-30-19(29)18-13(12-6-2-4-8-16(12)31-20(22,23)24)10-11-15(28-18)14-7-3-5-9-17(14)32-21(25,26)27/h2-11H,1H3. The number of pyridine rings is 1. The third-order valence-electron chi connectivity index (χ3n) is 4.07. The molecule has 11 heteroatoms. The van der Waals surface area contributed by atoms with Crippen molar-refractivity contribution in [2.45, 2.75) is 12.7 Å². The van der Waals surface area contributed by atoms with Crippen LogP contribution >= 0.6 is 0 Å². The van der Waals surface area contributed by atoms with Gasteiger partial charge in [0.1, 0.15) is 11.5 Å². The molecule has 0 radical (unpaired) electrons. The van der Waals surface area contributed by atoms with E-state index in [1.165, 1.54) is 48.5 Å². The van der Waals surface area contributed by atoms with Crippen LogP contribution in [0.2, 0.25) is 0 Å². The van der Waals surface area contributed by atoms with Gasteiger partial charge in [-0.1, -0.05) is 30.3 Å². The largest absolute Gasteiger partial charge is 0.573 e. The minimum absolute atomic E-state index is 0.0744. The predicted molar refractivity (Wildman–Crippen MR) is 99.8 cm³/mol. The molecule has 0 fully saturated rings. The second-order valence-electron chi connectivity index (χ2n) is 6.17. The highest BCUT2D eigenvalue weighted by molar-refractivity contribution is 5.97. The molecule has 5 nitrogen and oxygen atoms in total. The monoisotopic (exact) mass is 457 g/mol. The molecule has 32 heavy (non-hydrogen) atoms. The molecule has 0 atom stereocenters. The van der Waals surface area contributed by atoms with Crippen molar-refractivity contribution in [3.05, 3.63) is 66.4 Å². The SMILES string of the molecule is COC(=O)c1nc(-c2ccccc2OC(F)(F)F)ccc1-c1ccccc1OC(F)(F)F. The second-order valence-corrected chi connectivity index (χ2v) is 6.17. The van der Waals surface area contributed by atoms with Crippen molar-refractivity contribution in [2.75, 3.05) is 7.11 Å². The van der Waals surface area contributed by atoms with Gasteiger partial charge in [-0.3, -0.25) is 0 Å². The van der Waals surface area contributed by atoms with Crippen LogP contribution in [0.25, 0.3) is 22.4 Å². The lowest BCUT2D eigenvalue weighted by Gasteiger charge is -2.16. The number of hydrogen-bond donors (Lipinski definition) is 0. The Morgan fingerprint density at radius 3 is 1.75 bits per heavy atom. The van der Waals surface area contributed by atoms with Crippen LogP contribution in [0.3, 0.4) is 0 Å². The van der Waals surface area contributed by atoms with E-state index in [-0.39, 0.29) is 22.4 Å². The number of benzene rings is 2. The van der Waals surface area contributed by atoms with Crippen molar-refractivity contribution in [1.82, 2.24) is 4.98 Å². The first-order valence-electron chi connectivity index (χ1n) is 8.78. The third-order valence-corrected chi connectivity index (χ3v) is 4.07. The Kier molecular flexibility index (Phi) is 6.28. The first-order chi connectivity index (χ1) is 15.0. The molecule has 0 aliphatic rings. The van der Waals surface area contributed by atoms with Crippen molar-refractivity contribution in [2.24, 2.45) is 0 Å². The molecular weight excluding hydrogens is 444 g/mol. The highest BCUT2D eigenvalue weighted by Gasteiger charge is 2.34. The van der Waals surface area contributed by atoms with Gasteiger partial charge in [0.25, 0.3) is 0 Å². The number of esters is 1. The minimum atomic E-state index is -5.00. The topological polar surface area (TPSA) is 57.7 Å². The Hall–Kier alpha value is -3.76. The van der Waals surface area contributed by atoms with Gasteiger partial charge in [0, 0.05) is 16.7 Å². The highest BCUT2D eigenvalue weighted by atomic mass is 19.4. The summed E-state index contributed by atoms with van der Waals surface area (Å²) >= 11 is 0. The summed E-state index contributed by atoms with van der Waals surface area (Å²) in [6.45, 7) is 0. The summed E-state index contributed by atoms with van der Waals surface area (Å²) in [7, 11) is 1.03. The maximum absolute atomic E-state index is 12.8. The summed E-state index contributed by atoms with van der Waals surface area (Å²) in [6.07, 6.45) is -9.97. The van der Waals surface area contributed by atoms with E-state index >= 15 is 0 Å². The van der Waals surface area contributed by atoms with Crippen LogP contribution < -0.4 is 9.47 Å². The van der Waals surface area contributed by atoms with Gasteiger partial charge in [0.15, 0.2) is 5.69 Å². The van der Waals surface area contributed by atoms with E-state index in [4.69, 9.17) is 0 Å². The van der Waals surface area contributed by atoms with Crippen LogP contribution in [0.5, 0.6) is 11.5 Å². The van der Waals surface area contributed by atoms with Crippen molar-refractivity contribution >= 4 is 5.97 Å². The van der Waals surface area contributed by atoms with Crippen LogP contribution in [-0.2, 0) is 4.74 Å². The summed E-state index contributed by atoms with van der Waals surface area (Å²) in [5.74, 6) is -2.18. The lowest BCUT2D eigenvalue weighted by molar-refractivity contribution is -0.275. The quantitative estimate of drug-likeness (QED) is 0.348. The molecule has 3 aromatic rings. The number of rotatable bonds is 5. The number of methoxy groups -OCH3 is 1. The smallest absolute Gasteiger partial charge is 0.464 e. The summed E-state index contributed by atoms with van der Waals surface area (Å²) in [5.41, 5.74) is -0.812. The molecule has 0 aliphatic carbocycles. The molecule has 1 heterocycles. The van der Waals surface area contributed by atoms with Gasteiger partial charge in [0.05, 0.1) is 12.8 Å². The lowest BCUT2D eigenvalue weighted by atomic mass is 10.0. The average Bonchev–Trinajstić information content (AvgIpc) is 2.71. The number of alkyl halides is 6. The zero-order valence-electron chi connectivity index (χ0n) is 16.1. The fraction of sp³-hybridized carbons (Fsp3) is 0.143. The van der Waals surface area contributed by atoms with Crippen molar-refractivity contribution < 1.29 is 45.3 Å². The van der Waals surface area contributed by atoms with Crippen molar-refractivity contribution in [1.29, 1.82) is 0 Å². The Bertz CT molecular complexity index is 1130. The molecule has 0 amide bonds. The van der Waals surface area contributed by atoms with Gasteiger partial charge >= 0.3 is 18.7 Å². The first kappa shape index (κ1) is 22.9. The van der Waals surface area contributed by atoms with Gasteiger partial charge in [-0.2, -0.15) is 0 Å². The normalized spacial score (nSPS) is 11.7. The maximum atomic E-state index is 12.8. The van der Waals surface area contributed by atoms with Crippen LogP contribution in [0, 0.1) is 0 Å². The van der Waals surface area contributed by atoms with Crippen LogP contribution in [0.4, 0.5) is 26.3 Å². The van der Waals surface area contributed by atoms with E-state index in [1.54, 1.807) is 0 Å². The van der Waals surface area contributed by atoms with Gasteiger partial charge < -0.3 is 14.2 Å². The van der Waals surface area contributed by atoms with E-state index in [1.807, 2.05) is 0 Å². The van der Waals surface area contributed by atoms with Crippen molar-refractivity contribution in [3.8, 4) is 33.9 Å². The highest BCUT2D eigenvalue weighted by Crippen LogP contribution is 2.38. The number of halogens is 6. The molecule has 0 bridgehead atoms. The van der Waals surface area contributed by atoms with E-state index in [9.17, 15) is 31.1 Å². The Labute approximate surface area is 177 Å². The molecule has 0 saturated carbocycles. The number of carbonyl (C=O) groups excluding carboxylic acids is 1. The average molecular weight is 457 g/mol. The Morgan fingerprint density at radius 1 is 0.719 bits per heavy atom. The van der Waals surface area contributed by atoms with Crippen LogP contribution in [0.15, 0.2) is 60.7 Å². The van der Waals surface area contributed by atoms with Gasteiger partial charge in [-0.25, -0.2) is 9.78 Å². The van der Waals surface area contributed by atoms with E-state index in [0.717, 1.165) is 19.2 Å². The zero-order valence-corrected chi connectivity index (χ0v) is 16.1. The third kappa shape index (κ3) is 5.48. The van der Waals surface area contributed by atoms with E-state index in [2.05, 4.69) is 19.2 Å². The molecule has 0 saturated heterocycles. The second kappa shape index (κ2) is 8.77. The maximum Gasteiger partial charge on any atom is 0.573 e. The van der Waals surface area contributed by atoms with Gasteiger partial charge in [-0.05, 0) is 30.3 Å². The predicted octanol–water partition coefficient (Wildman–Crippen LogP) is 6.00. The fourth-order valence-electron chi connectivity index (χ4n) is 2.87.